The van der Waals surface area contributed by atoms with Gasteiger partial charge in [0.1, 0.15) is 0 Å². The lowest BCUT2D eigenvalue weighted by molar-refractivity contribution is 0.877. The van der Waals surface area contributed by atoms with Crippen LogP contribution in [0.2, 0.25) is 5.02 Å². The Bertz CT molecular complexity index is 1040. The van der Waals surface area contributed by atoms with Crippen molar-refractivity contribution in [3.63, 3.8) is 0 Å². The second-order valence-corrected chi connectivity index (χ2v) is 7.94. The zero-order valence-electron chi connectivity index (χ0n) is 16.0. The minimum absolute atomic E-state index is 0.501. The molecule has 148 valence electrons. The molecule has 5 rings (SSSR count). The highest BCUT2D eigenvalue weighted by atomic mass is 35.5. The summed E-state index contributed by atoms with van der Waals surface area (Å²) in [4.78, 5) is 16.1. The van der Waals surface area contributed by atoms with Gasteiger partial charge in [-0.25, -0.2) is 0 Å². The van der Waals surface area contributed by atoms with Crippen molar-refractivity contribution in [3.8, 4) is 0 Å². The monoisotopic (exact) mass is 407 g/mol. The largest absolute Gasteiger partial charge is 0.341 e. The van der Waals surface area contributed by atoms with Gasteiger partial charge in [-0.05, 0) is 49.5 Å². The second kappa shape index (κ2) is 7.83. The Labute approximate surface area is 174 Å². The lowest BCUT2D eigenvalue weighted by atomic mass is 10.2. The summed E-state index contributed by atoms with van der Waals surface area (Å²) in [6, 6.07) is 9.72. The third kappa shape index (κ3) is 4.40. The van der Waals surface area contributed by atoms with Crippen molar-refractivity contribution in [3.05, 3.63) is 52.4 Å². The number of rotatable bonds is 6. The van der Waals surface area contributed by atoms with Gasteiger partial charge >= 0.3 is 0 Å². The van der Waals surface area contributed by atoms with Crippen molar-refractivity contribution in [1.82, 2.24) is 25.1 Å². The lowest BCUT2D eigenvalue weighted by Crippen LogP contribution is -2.21. The molecule has 7 nitrogen and oxygen atoms in total. The number of H-pyrrole nitrogens is 1. The Morgan fingerprint density at radius 1 is 1.07 bits per heavy atom. The van der Waals surface area contributed by atoms with Gasteiger partial charge in [-0.3, -0.25) is 5.10 Å². The van der Waals surface area contributed by atoms with Gasteiger partial charge in [0.05, 0.1) is 0 Å². The fourth-order valence-corrected chi connectivity index (χ4v) is 3.67. The van der Waals surface area contributed by atoms with Crippen LogP contribution in [0.15, 0.2) is 30.3 Å². The number of aromatic nitrogens is 5. The first kappa shape index (κ1) is 18.1. The molecule has 3 aromatic rings. The van der Waals surface area contributed by atoms with Crippen LogP contribution in [0.4, 0.5) is 17.7 Å². The number of hydrogen-bond acceptors (Lipinski definition) is 6. The van der Waals surface area contributed by atoms with Crippen LogP contribution in [-0.2, 0) is 0 Å². The molecule has 1 saturated carbocycles. The molecule has 3 heterocycles. The first-order valence-electron chi connectivity index (χ1n) is 10.00. The normalized spacial score (nSPS) is 16.7. The molecule has 29 heavy (non-hydrogen) atoms. The van der Waals surface area contributed by atoms with Gasteiger partial charge in [-0.1, -0.05) is 29.8 Å². The Morgan fingerprint density at radius 3 is 2.72 bits per heavy atom. The van der Waals surface area contributed by atoms with Crippen LogP contribution in [0.25, 0.3) is 12.2 Å². The van der Waals surface area contributed by atoms with Gasteiger partial charge in [0, 0.05) is 35.8 Å². The Morgan fingerprint density at radius 2 is 1.93 bits per heavy atom. The molecule has 0 amide bonds. The van der Waals surface area contributed by atoms with Crippen LogP contribution >= 0.6 is 11.6 Å². The maximum Gasteiger partial charge on any atom is 0.233 e. The molecule has 2 N–H and O–H groups in total. The Hall–Kier alpha value is -2.93. The molecule has 2 aliphatic rings. The van der Waals surface area contributed by atoms with E-state index in [9.17, 15) is 0 Å². The molecule has 1 aliphatic heterocycles. The Kier molecular flexibility index (Phi) is 4.89. The van der Waals surface area contributed by atoms with Crippen LogP contribution in [0.1, 0.15) is 48.7 Å². The summed E-state index contributed by atoms with van der Waals surface area (Å²) < 4.78 is 0. The molecule has 0 spiro atoms. The van der Waals surface area contributed by atoms with E-state index in [-0.39, 0.29) is 0 Å². The van der Waals surface area contributed by atoms with Crippen LogP contribution in [0.3, 0.4) is 0 Å². The molecular formula is C21H22ClN7. The van der Waals surface area contributed by atoms with Gasteiger partial charge in [-0.15, -0.1) is 0 Å². The molecule has 1 saturated heterocycles. The van der Waals surface area contributed by atoms with Crippen molar-refractivity contribution in [2.75, 3.05) is 23.3 Å². The fraction of sp³-hybridized carbons (Fsp3) is 0.333. The summed E-state index contributed by atoms with van der Waals surface area (Å²) in [6.45, 7) is 1.93. The van der Waals surface area contributed by atoms with Crippen molar-refractivity contribution >= 4 is 41.5 Å². The molecule has 1 aromatic carbocycles. The van der Waals surface area contributed by atoms with E-state index in [1.807, 2.05) is 42.5 Å². The second-order valence-electron chi connectivity index (χ2n) is 7.51. The van der Waals surface area contributed by atoms with E-state index in [2.05, 4.69) is 35.4 Å². The van der Waals surface area contributed by atoms with Crippen molar-refractivity contribution in [2.24, 2.45) is 0 Å². The van der Waals surface area contributed by atoms with Gasteiger partial charge in [0.15, 0.2) is 11.6 Å². The summed E-state index contributed by atoms with van der Waals surface area (Å²) in [5.41, 5.74) is 2.17. The van der Waals surface area contributed by atoms with Gasteiger partial charge in [0.25, 0.3) is 0 Å². The first-order valence-corrected chi connectivity index (χ1v) is 10.4. The lowest BCUT2D eigenvalue weighted by Gasteiger charge is -2.16. The molecule has 2 fully saturated rings. The third-order valence-electron chi connectivity index (χ3n) is 5.16. The smallest absolute Gasteiger partial charge is 0.233 e. The topological polar surface area (TPSA) is 82.6 Å². The van der Waals surface area contributed by atoms with Crippen molar-refractivity contribution < 1.29 is 0 Å². The number of nitrogens with zero attached hydrogens (tertiary/aromatic N) is 5. The van der Waals surface area contributed by atoms with E-state index in [4.69, 9.17) is 11.6 Å². The van der Waals surface area contributed by atoms with Crippen LogP contribution < -0.4 is 10.2 Å². The van der Waals surface area contributed by atoms with Crippen LogP contribution in [0, 0.1) is 0 Å². The average molecular weight is 408 g/mol. The summed E-state index contributed by atoms with van der Waals surface area (Å²) in [7, 11) is 0. The van der Waals surface area contributed by atoms with E-state index >= 15 is 0 Å². The maximum atomic E-state index is 6.08. The van der Waals surface area contributed by atoms with E-state index in [0.717, 1.165) is 37.3 Å². The summed E-state index contributed by atoms with van der Waals surface area (Å²) in [5, 5.41) is 11.4. The third-order valence-corrected chi connectivity index (χ3v) is 5.39. The predicted molar refractivity (Wildman–Crippen MR) is 115 cm³/mol. The zero-order chi connectivity index (χ0) is 19.6. The van der Waals surface area contributed by atoms with E-state index in [1.54, 1.807) is 0 Å². The summed E-state index contributed by atoms with van der Waals surface area (Å²) in [5.74, 6) is 3.15. The Balaban J connectivity index is 1.42. The van der Waals surface area contributed by atoms with Gasteiger partial charge in [0.2, 0.25) is 11.9 Å². The highest BCUT2D eigenvalue weighted by Crippen LogP contribution is 2.39. The molecular weight excluding hydrogens is 386 g/mol. The highest BCUT2D eigenvalue weighted by Gasteiger charge is 2.25. The van der Waals surface area contributed by atoms with Crippen molar-refractivity contribution in [2.45, 2.75) is 31.6 Å². The molecule has 0 radical (unpaired) electrons. The quantitative estimate of drug-likeness (QED) is 0.619. The minimum atomic E-state index is 0.501. The van der Waals surface area contributed by atoms with Crippen molar-refractivity contribution in [1.29, 1.82) is 0 Å². The van der Waals surface area contributed by atoms with E-state index in [0.29, 0.717) is 28.7 Å². The van der Waals surface area contributed by atoms with E-state index in [1.165, 1.54) is 18.5 Å². The van der Waals surface area contributed by atoms with Gasteiger partial charge < -0.3 is 10.2 Å². The zero-order valence-corrected chi connectivity index (χ0v) is 16.7. The molecule has 0 bridgehead atoms. The highest BCUT2D eigenvalue weighted by molar-refractivity contribution is 6.30. The SMILES string of the molecule is Clc1cccc(/C=C/c2nc(Nc3cc(C4CC4)[nH]n3)nc(N3CCCC3)n2)c1. The first-order chi connectivity index (χ1) is 14.2. The molecule has 0 atom stereocenters. The number of halogens is 1. The van der Waals surface area contributed by atoms with E-state index < -0.39 is 0 Å². The molecule has 1 aliphatic carbocycles. The number of hydrogen-bond donors (Lipinski definition) is 2. The standard InChI is InChI=1S/C21H22ClN7/c22-16-5-3-4-14(12-16)6-9-18-23-20(26-21(25-18)29-10-1-2-11-29)24-19-13-17(27-28-19)15-7-8-15/h3-6,9,12-13,15H,1-2,7-8,10-11H2,(H2,23,24,25,26,27,28)/b9-6+. The fourth-order valence-electron chi connectivity index (χ4n) is 3.47. The number of aromatic amines is 1. The average Bonchev–Trinajstić information content (AvgIpc) is 3.22. The maximum absolute atomic E-state index is 6.08. The van der Waals surface area contributed by atoms with Crippen LogP contribution in [-0.4, -0.2) is 38.2 Å². The molecule has 8 heteroatoms. The summed E-state index contributed by atoms with van der Waals surface area (Å²) in [6.07, 6.45) is 8.62. The number of anilines is 3. The summed E-state index contributed by atoms with van der Waals surface area (Å²) >= 11 is 6.08. The molecule has 2 aromatic heterocycles. The van der Waals surface area contributed by atoms with Crippen LogP contribution in [0.5, 0.6) is 0 Å². The predicted octanol–water partition coefficient (Wildman–Crippen LogP) is 4.64. The number of benzene rings is 1. The van der Waals surface area contributed by atoms with Gasteiger partial charge in [-0.2, -0.15) is 20.1 Å². The molecule has 0 unspecified atom stereocenters. The minimum Gasteiger partial charge on any atom is -0.341 e. The number of nitrogens with one attached hydrogen (secondary N) is 2.